The summed E-state index contributed by atoms with van der Waals surface area (Å²) < 4.78 is 33.9. The first-order valence-electron chi connectivity index (χ1n) is 4.50. The zero-order chi connectivity index (χ0) is 11.9. The molecule has 92 valence electrons. The normalized spacial score (nSPS) is 14.5. The summed E-state index contributed by atoms with van der Waals surface area (Å²) >= 11 is 5.85. The topological polar surface area (TPSA) is 55.8 Å². The molecule has 0 heterocycles. The summed E-state index contributed by atoms with van der Waals surface area (Å²) in [6.45, 7) is 0.747. The van der Waals surface area contributed by atoms with Gasteiger partial charge in [-0.2, -0.15) is 0 Å². The lowest BCUT2D eigenvalue weighted by molar-refractivity contribution is 0.191. The van der Waals surface area contributed by atoms with Crippen LogP contribution >= 0.6 is 11.6 Å². The lowest BCUT2D eigenvalue weighted by Crippen LogP contribution is -2.36. The Morgan fingerprint density at radius 1 is 1.33 bits per heavy atom. The smallest absolute Gasteiger partial charge is 0.216 e. The van der Waals surface area contributed by atoms with Crippen molar-refractivity contribution in [3.8, 4) is 0 Å². The number of rotatable bonds is 8. The molecule has 0 aliphatic carbocycles. The third kappa shape index (κ3) is 6.32. The molecule has 0 radical (unpaired) electrons. The molecule has 0 aromatic rings. The lowest BCUT2D eigenvalue weighted by atomic mass is 10.4. The molecule has 0 amide bonds. The molecule has 1 unspecified atom stereocenters. The molecule has 0 aliphatic rings. The average molecular weight is 260 g/mol. The van der Waals surface area contributed by atoms with Crippen LogP contribution in [0.25, 0.3) is 0 Å². The van der Waals surface area contributed by atoms with Crippen molar-refractivity contribution in [2.24, 2.45) is 0 Å². The maximum Gasteiger partial charge on any atom is 0.216 e. The molecular formula is C8H18ClNO4S. The van der Waals surface area contributed by atoms with E-state index in [-0.39, 0.29) is 24.3 Å². The van der Waals surface area contributed by atoms with Crippen LogP contribution in [0.2, 0.25) is 0 Å². The van der Waals surface area contributed by atoms with E-state index in [1.165, 1.54) is 25.6 Å². The summed E-state index contributed by atoms with van der Waals surface area (Å²) in [5, 5.41) is -0.336. The summed E-state index contributed by atoms with van der Waals surface area (Å²) in [6.07, 6.45) is 0. The first-order valence-corrected chi connectivity index (χ1v) is 6.54. The van der Waals surface area contributed by atoms with Gasteiger partial charge >= 0.3 is 0 Å². The maximum atomic E-state index is 11.6. The van der Waals surface area contributed by atoms with Gasteiger partial charge in [-0.1, -0.05) is 0 Å². The van der Waals surface area contributed by atoms with Gasteiger partial charge in [-0.25, -0.2) is 12.7 Å². The van der Waals surface area contributed by atoms with E-state index in [4.69, 9.17) is 21.1 Å². The summed E-state index contributed by atoms with van der Waals surface area (Å²) in [6, 6.07) is 0. The van der Waals surface area contributed by atoms with Crippen molar-refractivity contribution < 1.29 is 17.9 Å². The molecule has 7 heteroatoms. The molecule has 0 N–H and O–H groups in total. The van der Waals surface area contributed by atoms with Crippen LogP contribution in [-0.4, -0.2) is 64.9 Å². The van der Waals surface area contributed by atoms with Crippen LogP contribution in [0.5, 0.6) is 0 Å². The van der Waals surface area contributed by atoms with Crippen molar-refractivity contribution in [2.45, 2.75) is 5.38 Å². The van der Waals surface area contributed by atoms with Gasteiger partial charge in [-0.3, -0.25) is 0 Å². The fraction of sp³-hybridized carbons (Fsp3) is 1.00. The van der Waals surface area contributed by atoms with Crippen molar-refractivity contribution in [3.63, 3.8) is 0 Å². The molecular weight excluding hydrogens is 242 g/mol. The molecule has 1 atom stereocenters. The third-order valence-electron chi connectivity index (χ3n) is 1.82. The molecule has 0 fully saturated rings. The Bertz CT molecular complexity index is 257. The number of nitrogens with zero attached hydrogens (tertiary/aromatic N) is 1. The SMILES string of the molecule is COCCS(=O)(=O)N(C)CC(Cl)COC. The van der Waals surface area contributed by atoms with E-state index >= 15 is 0 Å². The minimum absolute atomic E-state index is 0.0312. The zero-order valence-corrected chi connectivity index (χ0v) is 10.8. The standard InChI is InChI=1S/C8H18ClNO4S/c1-10(6-8(9)7-14-3)15(11,12)5-4-13-2/h8H,4-7H2,1-3H3. The van der Waals surface area contributed by atoms with E-state index in [1.54, 1.807) is 0 Å². The van der Waals surface area contributed by atoms with Gasteiger partial charge in [0, 0.05) is 27.8 Å². The summed E-state index contributed by atoms with van der Waals surface area (Å²) in [4.78, 5) is 0. The van der Waals surface area contributed by atoms with Crippen LogP contribution < -0.4 is 0 Å². The van der Waals surface area contributed by atoms with Crippen molar-refractivity contribution in [1.29, 1.82) is 0 Å². The summed E-state index contributed by atoms with van der Waals surface area (Å²) in [7, 11) is 1.21. The Morgan fingerprint density at radius 3 is 2.40 bits per heavy atom. The van der Waals surface area contributed by atoms with Gasteiger partial charge in [0.2, 0.25) is 10.0 Å². The van der Waals surface area contributed by atoms with E-state index in [1.807, 2.05) is 0 Å². The highest BCUT2D eigenvalue weighted by Crippen LogP contribution is 2.04. The maximum absolute atomic E-state index is 11.6. The number of halogens is 1. The predicted molar refractivity (Wildman–Crippen MR) is 59.8 cm³/mol. The molecule has 15 heavy (non-hydrogen) atoms. The monoisotopic (exact) mass is 259 g/mol. The minimum atomic E-state index is -3.27. The van der Waals surface area contributed by atoms with Crippen molar-refractivity contribution in [1.82, 2.24) is 4.31 Å². The van der Waals surface area contributed by atoms with Crippen molar-refractivity contribution in [3.05, 3.63) is 0 Å². The van der Waals surface area contributed by atoms with Crippen LogP contribution in [0.15, 0.2) is 0 Å². The molecule has 0 aromatic heterocycles. The molecule has 0 saturated heterocycles. The first kappa shape index (κ1) is 15.1. The Morgan fingerprint density at radius 2 is 1.93 bits per heavy atom. The molecule has 0 bridgehead atoms. The van der Waals surface area contributed by atoms with Gasteiger partial charge in [0.15, 0.2) is 0 Å². The number of hydrogen-bond acceptors (Lipinski definition) is 4. The van der Waals surface area contributed by atoms with Gasteiger partial charge in [-0.15, -0.1) is 11.6 Å². The van der Waals surface area contributed by atoms with E-state index < -0.39 is 10.0 Å². The average Bonchev–Trinajstić information content (AvgIpc) is 2.15. The highest BCUT2D eigenvalue weighted by Gasteiger charge is 2.20. The number of methoxy groups -OCH3 is 2. The van der Waals surface area contributed by atoms with E-state index in [2.05, 4.69) is 0 Å². The number of ether oxygens (including phenoxy) is 2. The molecule has 5 nitrogen and oxygen atoms in total. The van der Waals surface area contributed by atoms with Gasteiger partial charge in [0.1, 0.15) is 0 Å². The number of alkyl halides is 1. The van der Waals surface area contributed by atoms with Gasteiger partial charge in [0.25, 0.3) is 0 Å². The highest BCUT2D eigenvalue weighted by atomic mass is 35.5. The summed E-state index contributed by atoms with van der Waals surface area (Å²) in [5.41, 5.74) is 0. The fourth-order valence-corrected chi connectivity index (χ4v) is 2.48. The van der Waals surface area contributed by atoms with Crippen LogP contribution in [0.1, 0.15) is 0 Å². The summed E-state index contributed by atoms with van der Waals surface area (Å²) in [5.74, 6) is -0.0312. The Kier molecular flexibility index (Phi) is 7.46. The quantitative estimate of drug-likeness (QED) is 0.583. The Hall–Kier alpha value is 0.120. The highest BCUT2D eigenvalue weighted by molar-refractivity contribution is 7.89. The Balaban J connectivity index is 4.12. The second kappa shape index (κ2) is 7.40. The van der Waals surface area contributed by atoms with Crippen LogP contribution in [-0.2, 0) is 19.5 Å². The lowest BCUT2D eigenvalue weighted by Gasteiger charge is -2.19. The van der Waals surface area contributed by atoms with Crippen LogP contribution in [0, 0.1) is 0 Å². The number of sulfonamides is 1. The van der Waals surface area contributed by atoms with Gasteiger partial charge < -0.3 is 9.47 Å². The molecule has 0 aromatic carbocycles. The fourth-order valence-electron chi connectivity index (χ4n) is 0.971. The predicted octanol–water partition coefficient (Wildman–Crippen LogP) is 0.148. The van der Waals surface area contributed by atoms with Crippen molar-refractivity contribution in [2.75, 3.05) is 46.8 Å². The van der Waals surface area contributed by atoms with Crippen LogP contribution in [0.3, 0.4) is 0 Å². The second-order valence-electron chi connectivity index (χ2n) is 3.14. The van der Waals surface area contributed by atoms with Crippen molar-refractivity contribution >= 4 is 21.6 Å². The van der Waals surface area contributed by atoms with Crippen LogP contribution in [0.4, 0.5) is 0 Å². The largest absolute Gasteiger partial charge is 0.384 e. The van der Waals surface area contributed by atoms with Gasteiger partial charge in [0.05, 0.1) is 24.3 Å². The van der Waals surface area contributed by atoms with Gasteiger partial charge in [-0.05, 0) is 0 Å². The Labute approximate surface area is 96.3 Å². The second-order valence-corrected chi connectivity index (χ2v) is 5.95. The van der Waals surface area contributed by atoms with E-state index in [0.29, 0.717) is 6.61 Å². The third-order valence-corrected chi connectivity index (χ3v) is 3.87. The minimum Gasteiger partial charge on any atom is -0.384 e. The molecule has 0 rings (SSSR count). The van der Waals surface area contributed by atoms with E-state index in [0.717, 1.165) is 0 Å². The zero-order valence-electron chi connectivity index (χ0n) is 9.27. The van der Waals surface area contributed by atoms with E-state index in [9.17, 15) is 8.42 Å². The molecule has 0 aliphatic heterocycles. The molecule has 0 spiro atoms. The number of hydrogen-bond donors (Lipinski definition) is 0. The molecule has 0 saturated carbocycles. The first-order chi connectivity index (χ1) is 6.94.